The molecular weight excluding hydrogens is 360 g/mol. The summed E-state index contributed by atoms with van der Waals surface area (Å²) in [5.41, 5.74) is 1.07. The average Bonchev–Trinajstić information content (AvgIpc) is 3.10. The lowest BCUT2D eigenvalue weighted by Crippen LogP contribution is -2.37. The van der Waals surface area contributed by atoms with Gasteiger partial charge in [0.15, 0.2) is 5.82 Å². The van der Waals surface area contributed by atoms with Gasteiger partial charge in [-0.15, -0.1) is 0 Å². The summed E-state index contributed by atoms with van der Waals surface area (Å²) < 4.78 is 5.22. The molecule has 9 heteroatoms. The van der Waals surface area contributed by atoms with Crippen LogP contribution in [0.15, 0.2) is 35.8 Å². The lowest BCUT2D eigenvalue weighted by atomic mass is 9.89. The molecule has 0 saturated carbocycles. The first-order valence-electron chi connectivity index (χ1n) is 8.06. The SMILES string of the molecule is COc1ccc2nc(Cl)c(C3CC(=O)N4CCNC4=C3[N+](=O)[O-])cc2c1. The van der Waals surface area contributed by atoms with E-state index in [1.165, 1.54) is 4.90 Å². The van der Waals surface area contributed by atoms with Crippen LogP contribution in [-0.4, -0.2) is 40.9 Å². The number of halogens is 1. The summed E-state index contributed by atoms with van der Waals surface area (Å²) in [5.74, 6) is -0.0193. The number of hydrogen-bond acceptors (Lipinski definition) is 6. The lowest BCUT2D eigenvalue weighted by Gasteiger charge is -2.27. The van der Waals surface area contributed by atoms with Crippen LogP contribution in [0.4, 0.5) is 0 Å². The van der Waals surface area contributed by atoms with Gasteiger partial charge in [-0.1, -0.05) is 11.6 Å². The first kappa shape index (κ1) is 16.6. The van der Waals surface area contributed by atoms with Crippen LogP contribution >= 0.6 is 11.6 Å². The fourth-order valence-electron chi connectivity index (χ4n) is 3.51. The van der Waals surface area contributed by atoms with Crippen molar-refractivity contribution < 1.29 is 14.5 Å². The minimum atomic E-state index is -0.759. The molecule has 134 valence electrons. The Kier molecular flexibility index (Phi) is 3.91. The van der Waals surface area contributed by atoms with Gasteiger partial charge in [0.2, 0.25) is 5.91 Å². The van der Waals surface area contributed by atoms with E-state index in [9.17, 15) is 14.9 Å². The highest BCUT2D eigenvalue weighted by molar-refractivity contribution is 6.30. The van der Waals surface area contributed by atoms with Crippen LogP contribution in [-0.2, 0) is 4.79 Å². The van der Waals surface area contributed by atoms with Crippen molar-refractivity contribution in [3.8, 4) is 5.75 Å². The van der Waals surface area contributed by atoms with Crippen molar-refractivity contribution >= 4 is 28.4 Å². The molecule has 0 radical (unpaired) electrons. The number of carbonyl (C=O) groups is 1. The van der Waals surface area contributed by atoms with Gasteiger partial charge in [0, 0.05) is 30.5 Å². The van der Waals surface area contributed by atoms with E-state index in [1.807, 2.05) is 0 Å². The molecule has 1 atom stereocenters. The maximum atomic E-state index is 12.4. The molecule has 1 N–H and O–H groups in total. The Labute approximate surface area is 153 Å². The summed E-state index contributed by atoms with van der Waals surface area (Å²) >= 11 is 6.34. The molecule has 1 amide bonds. The van der Waals surface area contributed by atoms with E-state index < -0.39 is 10.8 Å². The predicted octanol–water partition coefficient (Wildman–Crippen LogP) is 2.26. The Bertz CT molecular complexity index is 975. The zero-order valence-electron chi connectivity index (χ0n) is 13.9. The Hall–Kier alpha value is -2.87. The number of pyridine rings is 1. The highest BCUT2D eigenvalue weighted by Crippen LogP contribution is 2.40. The molecule has 1 unspecified atom stereocenters. The fourth-order valence-corrected chi connectivity index (χ4v) is 3.79. The Morgan fingerprint density at radius 2 is 2.23 bits per heavy atom. The number of rotatable bonds is 3. The van der Waals surface area contributed by atoms with Crippen molar-refractivity contribution in [1.82, 2.24) is 15.2 Å². The molecular formula is C17H15ClN4O4. The van der Waals surface area contributed by atoms with Gasteiger partial charge in [0.1, 0.15) is 10.9 Å². The van der Waals surface area contributed by atoms with E-state index in [2.05, 4.69) is 10.3 Å². The number of aromatic nitrogens is 1. The molecule has 1 fully saturated rings. The first-order chi connectivity index (χ1) is 12.5. The quantitative estimate of drug-likeness (QED) is 0.502. The minimum Gasteiger partial charge on any atom is -0.497 e. The maximum absolute atomic E-state index is 12.4. The van der Waals surface area contributed by atoms with Gasteiger partial charge in [-0.05, 0) is 24.3 Å². The van der Waals surface area contributed by atoms with E-state index in [1.54, 1.807) is 31.4 Å². The third kappa shape index (κ3) is 2.53. The van der Waals surface area contributed by atoms with Crippen molar-refractivity contribution in [2.24, 2.45) is 0 Å². The minimum absolute atomic E-state index is 0.0155. The predicted molar refractivity (Wildman–Crippen MR) is 94.4 cm³/mol. The fraction of sp³-hybridized carbons (Fsp3) is 0.294. The maximum Gasteiger partial charge on any atom is 0.294 e. The van der Waals surface area contributed by atoms with Gasteiger partial charge >= 0.3 is 0 Å². The summed E-state index contributed by atoms with van der Waals surface area (Å²) in [5, 5.41) is 15.6. The van der Waals surface area contributed by atoms with Gasteiger partial charge in [-0.2, -0.15) is 0 Å². The van der Waals surface area contributed by atoms with Crippen LogP contribution in [0.2, 0.25) is 5.15 Å². The number of benzene rings is 1. The molecule has 2 aliphatic heterocycles. The number of ether oxygens (including phenoxy) is 1. The van der Waals surface area contributed by atoms with Gasteiger partial charge in [0.25, 0.3) is 5.70 Å². The summed E-state index contributed by atoms with van der Waals surface area (Å²) in [6, 6.07) is 7.06. The highest BCUT2D eigenvalue weighted by atomic mass is 35.5. The second-order valence-corrected chi connectivity index (χ2v) is 6.50. The normalized spacial score (nSPS) is 19.5. The average molecular weight is 375 g/mol. The van der Waals surface area contributed by atoms with Gasteiger partial charge in [-0.3, -0.25) is 19.8 Å². The smallest absolute Gasteiger partial charge is 0.294 e. The number of nitrogens with zero attached hydrogens (tertiary/aromatic N) is 3. The molecule has 26 heavy (non-hydrogen) atoms. The van der Waals surface area contributed by atoms with E-state index in [0.29, 0.717) is 29.9 Å². The Morgan fingerprint density at radius 3 is 2.96 bits per heavy atom. The van der Waals surface area contributed by atoms with E-state index >= 15 is 0 Å². The number of fused-ring (bicyclic) bond motifs is 2. The van der Waals surface area contributed by atoms with Crippen LogP contribution in [0.3, 0.4) is 0 Å². The highest BCUT2D eigenvalue weighted by Gasteiger charge is 2.44. The summed E-state index contributed by atoms with van der Waals surface area (Å²) in [7, 11) is 1.56. The number of carbonyl (C=O) groups excluding carboxylic acids is 1. The molecule has 2 aromatic rings. The number of amides is 1. The number of nitro groups is 1. The molecule has 3 heterocycles. The molecule has 4 rings (SSSR count). The van der Waals surface area contributed by atoms with E-state index in [-0.39, 0.29) is 29.0 Å². The van der Waals surface area contributed by atoms with Crippen molar-refractivity contribution in [3.05, 3.63) is 56.6 Å². The van der Waals surface area contributed by atoms with Crippen molar-refractivity contribution in [2.75, 3.05) is 20.2 Å². The molecule has 8 nitrogen and oxygen atoms in total. The number of methoxy groups -OCH3 is 1. The van der Waals surface area contributed by atoms with Crippen molar-refractivity contribution in [1.29, 1.82) is 0 Å². The van der Waals surface area contributed by atoms with Crippen LogP contribution < -0.4 is 10.1 Å². The van der Waals surface area contributed by atoms with Gasteiger partial charge in [0.05, 0.1) is 23.5 Å². The zero-order valence-corrected chi connectivity index (χ0v) is 14.6. The van der Waals surface area contributed by atoms with Crippen LogP contribution in [0.5, 0.6) is 5.75 Å². The molecule has 1 aromatic carbocycles. The third-order valence-electron chi connectivity index (χ3n) is 4.72. The van der Waals surface area contributed by atoms with E-state index in [4.69, 9.17) is 16.3 Å². The number of nitrogens with one attached hydrogen (secondary N) is 1. The van der Waals surface area contributed by atoms with Crippen molar-refractivity contribution in [3.63, 3.8) is 0 Å². The second kappa shape index (κ2) is 6.14. The third-order valence-corrected chi connectivity index (χ3v) is 5.03. The summed E-state index contributed by atoms with van der Waals surface area (Å²) in [6.07, 6.45) is -0.0155. The first-order valence-corrected chi connectivity index (χ1v) is 8.44. The monoisotopic (exact) mass is 374 g/mol. The summed E-state index contributed by atoms with van der Waals surface area (Å²) in [6.45, 7) is 0.922. The summed E-state index contributed by atoms with van der Waals surface area (Å²) in [4.78, 5) is 29.5. The molecule has 0 spiro atoms. The van der Waals surface area contributed by atoms with E-state index in [0.717, 1.165) is 5.39 Å². The number of allylic oxidation sites excluding steroid dienone is 1. The topological polar surface area (TPSA) is 97.6 Å². The second-order valence-electron chi connectivity index (χ2n) is 6.15. The molecule has 2 aliphatic rings. The standard InChI is InChI=1S/C17H15ClN4O4/c1-26-10-2-3-13-9(6-10)7-12(16(18)20-13)11-8-14(23)21-5-4-19-17(21)15(11)22(24)25/h2-3,6-7,11,19H,4-5,8H2,1H3. The van der Waals surface area contributed by atoms with Gasteiger partial charge in [-0.25, -0.2) is 4.98 Å². The molecule has 1 aromatic heterocycles. The Balaban J connectivity index is 1.90. The lowest BCUT2D eigenvalue weighted by molar-refractivity contribution is -0.433. The van der Waals surface area contributed by atoms with Crippen LogP contribution in [0, 0.1) is 10.1 Å². The molecule has 1 saturated heterocycles. The van der Waals surface area contributed by atoms with Crippen molar-refractivity contribution in [2.45, 2.75) is 12.3 Å². The van der Waals surface area contributed by atoms with Crippen LogP contribution in [0.25, 0.3) is 10.9 Å². The molecule has 0 aliphatic carbocycles. The number of hydrogen-bond donors (Lipinski definition) is 1. The zero-order chi connectivity index (χ0) is 18.4. The van der Waals surface area contributed by atoms with Gasteiger partial charge < -0.3 is 10.1 Å². The largest absolute Gasteiger partial charge is 0.497 e. The Morgan fingerprint density at radius 1 is 1.42 bits per heavy atom. The van der Waals surface area contributed by atoms with Crippen LogP contribution in [0.1, 0.15) is 17.9 Å². The molecule has 0 bridgehead atoms.